The van der Waals surface area contributed by atoms with Crippen LogP contribution >= 0.6 is 0 Å². The maximum atomic E-state index is 12.1. The molecule has 1 heterocycles. The number of methoxy groups -OCH3 is 1. The zero-order valence-electron chi connectivity index (χ0n) is 15.5. The van der Waals surface area contributed by atoms with Crippen LogP contribution < -0.4 is 4.74 Å². The van der Waals surface area contributed by atoms with E-state index in [4.69, 9.17) is 9.47 Å². The largest absolute Gasteiger partial charge is 0.494 e. The van der Waals surface area contributed by atoms with Gasteiger partial charge in [0.1, 0.15) is 17.7 Å². The summed E-state index contributed by atoms with van der Waals surface area (Å²) in [5, 5.41) is 10.1. The van der Waals surface area contributed by atoms with Gasteiger partial charge in [0.25, 0.3) is 5.91 Å². The Bertz CT molecular complexity index is 807. The van der Waals surface area contributed by atoms with Crippen LogP contribution in [0.5, 0.6) is 5.75 Å². The van der Waals surface area contributed by atoms with Crippen molar-refractivity contribution in [1.82, 2.24) is 4.90 Å². The maximum absolute atomic E-state index is 12.1. The molecular weight excluding hydrogens is 344 g/mol. The molecule has 0 bridgehead atoms. The molecule has 2 atom stereocenters. The molecular formula is C21H24N2O4. The minimum absolute atomic E-state index is 0.158. The molecule has 2 aromatic rings. The number of β-amino-alcohol motifs (C(OH)–C–C–N with tert-alkyl or cyclic N) is 1. The number of amides is 1. The Kier molecular flexibility index (Phi) is 6.21. The van der Waals surface area contributed by atoms with Gasteiger partial charge in [-0.15, -0.1) is 0 Å². The Morgan fingerprint density at radius 3 is 2.59 bits per heavy atom. The summed E-state index contributed by atoms with van der Waals surface area (Å²) in [6.45, 7) is 3.10. The Morgan fingerprint density at radius 2 is 1.89 bits per heavy atom. The van der Waals surface area contributed by atoms with Crippen molar-refractivity contribution in [1.29, 1.82) is 0 Å². The summed E-state index contributed by atoms with van der Waals surface area (Å²) in [4.78, 5) is 18.1. The zero-order valence-corrected chi connectivity index (χ0v) is 15.5. The first-order valence-electron chi connectivity index (χ1n) is 8.98. The SMILES string of the molecule is CCOc1ccccc1CN1CC(O)C(=O)N=C1C(OC)c1ccccc1. The second-order valence-electron chi connectivity index (χ2n) is 6.27. The number of aliphatic hydroxyl groups excluding tert-OH is 1. The monoisotopic (exact) mass is 368 g/mol. The first-order valence-corrected chi connectivity index (χ1v) is 8.98. The van der Waals surface area contributed by atoms with Gasteiger partial charge in [0.15, 0.2) is 6.10 Å². The number of carbonyl (C=O) groups is 1. The van der Waals surface area contributed by atoms with Crippen LogP contribution in [-0.4, -0.2) is 48.1 Å². The topological polar surface area (TPSA) is 71.4 Å². The second kappa shape index (κ2) is 8.79. The summed E-state index contributed by atoms with van der Waals surface area (Å²) in [6, 6.07) is 17.3. The number of hydrogen-bond acceptors (Lipinski definition) is 5. The van der Waals surface area contributed by atoms with E-state index < -0.39 is 18.1 Å². The predicted octanol–water partition coefficient (Wildman–Crippen LogP) is 2.57. The standard InChI is InChI=1S/C21H24N2O4/c1-3-27-18-12-8-7-11-16(18)13-23-14-17(24)21(25)22-20(23)19(26-2)15-9-5-4-6-10-15/h4-12,17,19,24H,3,13-14H2,1-2H3. The highest BCUT2D eigenvalue weighted by Gasteiger charge is 2.33. The van der Waals surface area contributed by atoms with Crippen molar-refractivity contribution in [2.45, 2.75) is 25.7 Å². The van der Waals surface area contributed by atoms with E-state index in [1.807, 2.05) is 66.4 Å². The quantitative estimate of drug-likeness (QED) is 0.813. The normalized spacial score (nSPS) is 18.2. The van der Waals surface area contributed by atoms with Crippen LogP contribution in [0.1, 0.15) is 24.2 Å². The number of ether oxygens (including phenoxy) is 2. The van der Waals surface area contributed by atoms with Crippen molar-refractivity contribution in [3.8, 4) is 5.75 Å². The molecule has 0 radical (unpaired) electrons. The first-order chi connectivity index (χ1) is 13.1. The number of nitrogens with zero attached hydrogens (tertiary/aromatic N) is 2. The van der Waals surface area contributed by atoms with E-state index in [2.05, 4.69) is 4.99 Å². The smallest absolute Gasteiger partial charge is 0.278 e. The molecule has 0 fully saturated rings. The lowest BCUT2D eigenvalue weighted by molar-refractivity contribution is -0.127. The van der Waals surface area contributed by atoms with Crippen molar-refractivity contribution < 1.29 is 19.4 Å². The number of rotatable bonds is 7. The molecule has 142 valence electrons. The van der Waals surface area contributed by atoms with E-state index in [1.165, 1.54) is 0 Å². The molecule has 6 heteroatoms. The van der Waals surface area contributed by atoms with E-state index in [1.54, 1.807) is 7.11 Å². The summed E-state index contributed by atoms with van der Waals surface area (Å²) in [6.07, 6.45) is -1.65. The van der Waals surface area contributed by atoms with Gasteiger partial charge in [-0.2, -0.15) is 4.99 Å². The van der Waals surface area contributed by atoms with E-state index >= 15 is 0 Å². The molecule has 3 rings (SSSR count). The molecule has 0 aliphatic carbocycles. The average molecular weight is 368 g/mol. The summed E-state index contributed by atoms with van der Waals surface area (Å²) >= 11 is 0. The number of benzene rings is 2. The van der Waals surface area contributed by atoms with Crippen LogP contribution in [0.15, 0.2) is 59.6 Å². The van der Waals surface area contributed by atoms with Crippen LogP contribution in [-0.2, 0) is 16.1 Å². The Balaban J connectivity index is 1.95. The number of hydrogen-bond donors (Lipinski definition) is 1. The van der Waals surface area contributed by atoms with Crippen LogP contribution in [0.25, 0.3) is 0 Å². The number of amidine groups is 1. The molecule has 1 N–H and O–H groups in total. The van der Waals surface area contributed by atoms with Gasteiger partial charge in [-0.1, -0.05) is 48.5 Å². The minimum atomic E-state index is -1.15. The number of aliphatic hydroxyl groups is 1. The third-order valence-electron chi connectivity index (χ3n) is 4.43. The fraction of sp³-hybridized carbons (Fsp3) is 0.333. The van der Waals surface area contributed by atoms with Crippen molar-refractivity contribution in [3.05, 3.63) is 65.7 Å². The molecule has 2 aromatic carbocycles. The molecule has 1 aliphatic rings. The molecule has 1 aliphatic heterocycles. The predicted molar refractivity (Wildman–Crippen MR) is 103 cm³/mol. The Morgan fingerprint density at radius 1 is 1.19 bits per heavy atom. The van der Waals surface area contributed by atoms with Crippen molar-refractivity contribution in [2.24, 2.45) is 4.99 Å². The fourth-order valence-corrected chi connectivity index (χ4v) is 3.16. The summed E-state index contributed by atoms with van der Waals surface area (Å²) in [5.74, 6) is 0.724. The van der Waals surface area contributed by atoms with E-state index in [0.29, 0.717) is 19.0 Å². The molecule has 1 amide bonds. The zero-order chi connectivity index (χ0) is 19.2. The summed E-state index contributed by atoms with van der Waals surface area (Å²) in [5.41, 5.74) is 1.85. The highest BCUT2D eigenvalue weighted by molar-refractivity contribution is 6.01. The third-order valence-corrected chi connectivity index (χ3v) is 4.43. The van der Waals surface area contributed by atoms with Gasteiger partial charge in [-0.3, -0.25) is 4.79 Å². The molecule has 2 unspecified atom stereocenters. The number of aliphatic imine (C=N–C) groups is 1. The van der Waals surface area contributed by atoms with Crippen LogP contribution in [0.4, 0.5) is 0 Å². The molecule has 27 heavy (non-hydrogen) atoms. The molecule has 0 aromatic heterocycles. The lowest BCUT2D eigenvalue weighted by Gasteiger charge is -2.34. The van der Waals surface area contributed by atoms with Gasteiger partial charge in [0.2, 0.25) is 0 Å². The minimum Gasteiger partial charge on any atom is -0.494 e. The van der Waals surface area contributed by atoms with E-state index in [-0.39, 0.29) is 6.54 Å². The van der Waals surface area contributed by atoms with Gasteiger partial charge in [0, 0.05) is 19.2 Å². The van der Waals surface area contributed by atoms with Crippen molar-refractivity contribution in [3.63, 3.8) is 0 Å². The average Bonchev–Trinajstić information content (AvgIpc) is 2.68. The van der Waals surface area contributed by atoms with Gasteiger partial charge < -0.3 is 19.5 Å². The first kappa shape index (κ1) is 19.1. The van der Waals surface area contributed by atoms with E-state index in [9.17, 15) is 9.90 Å². The number of para-hydroxylation sites is 1. The lowest BCUT2D eigenvalue weighted by Crippen LogP contribution is -2.47. The lowest BCUT2D eigenvalue weighted by atomic mass is 10.0. The Hall–Kier alpha value is -2.70. The van der Waals surface area contributed by atoms with E-state index in [0.717, 1.165) is 16.9 Å². The highest BCUT2D eigenvalue weighted by Crippen LogP contribution is 2.27. The van der Waals surface area contributed by atoms with Gasteiger partial charge in [-0.05, 0) is 18.6 Å². The van der Waals surface area contributed by atoms with Crippen LogP contribution in [0, 0.1) is 0 Å². The fourth-order valence-electron chi connectivity index (χ4n) is 3.16. The number of carbonyl (C=O) groups excluding carboxylic acids is 1. The molecule has 0 saturated heterocycles. The third kappa shape index (κ3) is 4.35. The van der Waals surface area contributed by atoms with Crippen LogP contribution in [0.3, 0.4) is 0 Å². The molecule has 0 spiro atoms. The Labute approximate surface area is 159 Å². The highest BCUT2D eigenvalue weighted by atomic mass is 16.5. The van der Waals surface area contributed by atoms with Crippen LogP contribution in [0.2, 0.25) is 0 Å². The molecule has 6 nitrogen and oxygen atoms in total. The van der Waals surface area contributed by atoms with Crippen molar-refractivity contribution in [2.75, 3.05) is 20.3 Å². The van der Waals surface area contributed by atoms with Gasteiger partial charge >= 0.3 is 0 Å². The maximum Gasteiger partial charge on any atom is 0.278 e. The van der Waals surface area contributed by atoms with Gasteiger partial charge in [0.05, 0.1) is 13.2 Å². The summed E-state index contributed by atoms with van der Waals surface area (Å²) in [7, 11) is 1.59. The van der Waals surface area contributed by atoms with Gasteiger partial charge in [-0.25, -0.2) is 0 Å². The second-order valence-corrected chi connectivity index (χ2v) is 6.27. The summed E-state index contributed by atoms with van der Waals surface area (Å²) < 4.78 is 11.4. The molecule has 0 saturated carbocycles. The van der Waals surface area contributed by atoms with Crippen molar-refractivity contribution >= 4 is 11.7 Å².